The summed E-state index contributed by atoms with van der Waals surface area (Å²) in [6, 6.07) is 10.6. The maximum atomic E-state index is 13.4. The van der Waals surface area contributed by atoms with Crippen molar-refractivity contribution in [3.05, 3.63) is 47.6 Å². The fourth-order valence-corrected chi connectivity index (χ4v) is 5.73. The van der Waals surface area contributed by atoms with Gasteiger partial charge in [0.15, 0.2) is 5.82 Å². The summed E-state index contributed by atoms with van der Waals surface area (Å²) >= 11 is 0. The standard InChI is InChI=1S/C31H44N4O5/c1-29(2,3)38-27(36)32-22-14-12-21(13-15-22)25-33-26(34-40-25)31(16-17-31)19-35(28(37)39-30(4,5)6)24-18-23(24)20-10-8-7-9-11-20/h7-11,21-24H,12-19H2,1-6H3,(H,32,36)/t21?,22?,23-,24+/m0/s1. The molecule has 218 valence electrons. The Balaban J connectivity index is 1.22. The minimum absolute atomic E-state index is 0.0850. The monoisotopic (exact) mass is 552 g/mol. The molecule has 1 aromatic carbocycles. The zero-order valence-corrected chi connectivity index (χ0v) is 24.7. The summed E-state index contributed by atoms with van der Waals surface area (Å²) in [4.78, 5) is 32.3. The van der Waals surface area contributed by atoms with Gasteiger partial charge in [0.05, 0.1) is 5.41 Å². The van der Waals surface area contributed by atoms with Gasteiger partial charge in [0.25, 0.3) is 0 Å². The molecule has 9 nitrogen and oxygen atoms in total. The molecule has 0 unspecified atom stereocenters. The van der Waals surface area contributed by atoms with Gasteiger partial charge in [-0.15, -0.1) is 0 Å². The van der Waals surface area contributed by atoms with Crippen molar-refractivity contribution in [2.24, 2.45) is 0 Å². The third-order valence-electron chi connectivity index (χ3n) is 8.05. The summed E-state index contributed by atoms with van der Waals surface area (Å²) in [5.41, 5.74) is -0.122. The lowest BCUT2D eigenvalue weighted by Crippen LogP contribution is -2.43. The lowest BCUT2D eigenvalue weighted by molar-refractivity contribution is 0.0208. The van der Waals surface area contributed by atoms with Crippen LogP contribution in [0.2, 0.25) is 0 Å². The van der Waals surface area contributed by atoms with Crippen LogP contribution in [0.25, 0.3) is 0 Å². The molecule has 3 aliphatic carbocycles. The lowest BCUT2D eigenvalue weighted by atomic mass is 9.86. The maximum Gasteiger partial charge on any atom is 0.410 e. The molecule has 1 heterocycles. The van der Waals surface area contributed by atoms with E-state index in [9.17, 15) is 9.59 Å². The highest BCUT2D eigenvalue weighted by Crippen LogP contribution is 2.52. The third kappa shape index (κ3) is 6.96. The number of rotatable bonds is 7. The highest BCUT2D eigenvalue weighted by molar-refractivity contribution is 5.70. The first-order valence-corrected chi connectivity index (χ1v) is 14.7. The van der Waals surface area contributed by atoms with E-state index >= 15 is 0 Å². The number of aromatic nitrogens is 2. The molecule has 0 radical (unpaired) electrons. The number of hydrogen-bond acceptors (Lipinski definition) is 7. The van der Waals surface area contributed by atoms with Crippen molar-refractivity contribution < 1.29 is 23.6 Å². The van der Waals surface area contributed by atoms with Crippen LogP contribution in [0.4, 0.5) is 9.59 Å². The molecular formula is C31H44N4O5. The molecule has 0 spiro atoms. The third-order valence-corrected chi connectivity index (χ3v) is 8.05. The number of benzene rings is 1. The van der Waals surface area contributed by atoms with E-state index in [-0.39, 0.29) is 35.6 Å². The summed E-state index contributed by atoms with van der Waals surface area (Å²) < 4.78 is 17.0. The van der Waals surface area contributed by atoms with Gasteiger partial charge in [-0.25, -0.2) is 9.59 Å². The molecule has 3 saturated carbocycles. The summed E-state index contributed by atoms with van der Waals surface area (Å²) in [5, 5.41) is 7.41. The van der Waals surface area contributed by atoms with Crippen molar-refractivity contribution in [3.8, 4) is 0 Å². The molecule has 1 N–H and O–H groups in total. The molecule has 5 rings (SSSR count). The van der Waals surface area contributed by atoms with Crippen molar-refractivity contribution in [1.82, 2.24) is 20.4 Å². The van der Waals surface area contributed by atoms with Gasteiger partial charge in [-0.05, 0) is 92.1 Å². The van der Waals surface area contributed by atoms with Crippen molar-refractivity contribution in [3.63, 3.8) is 0 Å². The Morgan fingerprint density at radius 1 is 1.00 bits per heavy atom. The topological polar surface area (TPSA) is 107 Å². The Hall–Kier alpha value is -3.10. The SMILES string of the molecule is CC(C)(C)OC(=O)NC1CCC(c2nc(C3(CN(C(=O)OC(C)(C)C)[C@@H]4C[C@H]4c4ccccc4)CC3)no2)CC1. The van der Waals surface area contributed by atoms with E-state index < -0.39 is 11.2 Å². The molecule has 3 aliphatic rings. The van der Waals surface area contributed by atoms with Crippen LogP contribution in [-0.2, 0) is 14.9 Å². The molecular weight excluding hydrogens is 508 g/mol. The van der Waals surface area contributed by atoms with Crippen LogP contribution < -0.4 is 5.32 Å². The zero-order chi connectivity index (χ0) is 28.7. The Morgan fingerprint density at radius 3 is 2.25 bits per heavy atom. The van der Waals surface area contributed by atoms with E-state index in [1.807, 2.05) is 64.6 Å². The maximum absolute atomic E-state index is 13.4. The average Bonchev–Trinajstić information content (AvgIpc) is 3.78. The van der Waals surface area contributed by atoms with Crippen molar-refractivity contribution >= 4 is 12.2 Å². The molecule has 0 bridgehead atoms. The smallest absolute Gasteiger partial charge is 0.410 e. The van der Waals surface area contributed by atoms with Crippen LogP contribution >= 0.6 is 0 Å². The van der Waals surface area contributed by atoms with Gasteiger partial charge in [-0.3, -0.25) is 0 Å². The van der Waals surface area contributed by atoms with E-state index in [0.29, 0.717) is 24.2 Å². The lowest BCUT2D eigenvalue weighted by Gasteiger charge is -2.30. The van der Waals surface area contributed by atoms with Crippen molar-refractivity contribution in [2.75, 3.05) is 6.54 Å². The summed E-state index contributed by atoms with van der Waals surface area (Å²) in [5.74, 6) is 1.84. The van der Waals surface area contributed by atoms with Crippen LogP contribution in [0.5, 0.6) is 0 Å². The largest absolute Gasteiger partial charge is 0.444 e. The fraction of sp³-hybridized carbons (Fsp3) is 0.677. The van der Waals surface area contributed by atoms with Crippen molar-refractivity contribution in [2.45, 2.75) is 127 Å². The normalized spacial score (nSPS) is 25.6. The first kappa shape index (κ1) is 28.4. The second-order valence-electron chi connectivity index (χ2n) is 13.9. The Labute approximate surface area is 237 Å². The van der Waals surface area contributed by atoms with Crippen LogP contribution in [0.1, 0.15) is 116 Å². The van der Waals surface area contributed by atoms with E-state index in [1.54, 1.807) is 0 Å². The Bertz CT molecular complexity index is 1190. The molecule has 0 saturated heterocycles. The van der Waals surface area contributed by atoms with E-state index in [4.69, 9.17) is 19.0 Å². The van der Waals surface area contributed by atoms with E-state index in [2.05, 4.69) is 22.6 Å². The van der Waals surface area contributed by atoms with Gasteiger partial charge in [0, 0.05) is 30.5 Å². The van der Waals surface area contributed by atoms with Crippen molar-refractivity contribution in [1.29, 1.82) is 0 Å². The van der Waals surface area contributed by atoms with Gasteiger partial charge in [-0.1, -0.05) is 35.5 Å². The first-order chi connectivity index (χ1) is 18.8. The first-order valence-electron chi connectivity index (χ1n) is 14.7. The average molecular weight is 553 g/mol. The molecule has 2 aromatic rings. The summed E-state index contributed by atoms with van der Waals surface area (Å²) in [6.45, 7) is 11.8. The van der Waals surface area contributed by atoms with Gasteiger partial charge in [-0.2, -0.15) is 4.98 Å². The molecule has 1 aromatic heterocycles. The van der Waals surface area contributed by atoms with Gasteiger partial charge in [0.1, 0.15) is 11.2 Å². The van der Waals surface area contributed by atoms with Crippen LogP contribution in [0.3, 0.4) is 0 Å². The number of nitrogens with one attached hydrogen (secondary N) is 1. The van der Waals surface area contributed by atoms with Crippen LogP contribution in [0, 0.1) is 0 Å². The summed E-state index contributed by atoms with van der Waals surface area (Å²) in [7, 11) is 0. The fourth-order valence-electron chi connectivity index (χ4n) is 5.73. The minimum atomic E-state index is -0.570. The van der Waals surface area contributed by atoms with Crippen LogP contribution in [-0.4, -0.2) is 57.1 Å². The quantitative estimate of drug-likeness (QED) is 0.421. The highest BCUT2D eigenvalue weighted by Gasteiger charge is 2.55. The van der Waals surface area contributed by atoms with E-state index in [1.165, 1.54) is 5.56 Å². The van der Waals surface area contributed by atoms with Crippen LogP contribution in [0.15, 0.2) is 34.9 Å². The zero-order valence-electron chi connectivity index (χ0n) is 24.7. The number of nitrogens with zero attached hydrogens (tertiary/aromatic N) is 3. The van der Waals surface area contributed by atoms with E-state index in [0.717, 1.165) is 44.9 Å². The molecule has 3 fully saturated rings. The molecule has 9 heteroatoms. The molecule has 2 atom stereocenters. The number of amides is 2. The number of hydrogen-bond donors (Lipinski definition) is 1. The molecule has 2 amide bonds. The predicted octanol–water partition coefficient (Wildman–Crippen LogP) is 6.45. The highest BCUT2D eigenvalue weighted by atomic mass is 16.6. The summed E-state index contributed by atoms with van der Waals surface area (Å²) in [6.07, 6.45) is 5.51. The van der Waals surface area contributed by atoms with Gasteiger partial charge in [0.2, 0.25) is 5.89 Å². The molecule has 0 aliphatic heterocycles. The van der Waals surface area contributed by atoms with Gasteiger partial charge >= 0.3 is 12.2 Å². The number of carbonyl (C=O) groups excluding carboxylic acids is 2. The van der Waals surface area contributed by atoms with Gasteiger partial charge < -0.3 is 24.2 Å². The minimum Gasteiger partial charge on any atom is -0.444 e. The number of carbonyl (C=O) groups is 2. The predicted molar refractivity (Wildman–Crippen MR) is 150 cm³/mol. The number of ether oxygens (including phenoxy) is 2. The Kier molecular flexibility index (Phi) is 7.61. The second-order valence-corrected chi connectivity index (χ2v) is 13.9. The Morgan fingerprint density at radius 2 is 1.65 bits per heavy atom. The number of alkyl carbamates (subject to hydrolysis) is 1. The molecule has 40 heavy (non-hydrogen) atoms. The second kappa shape index (κ2) is 10.7.